The van der Waals surface area contributed by atoms with Gasteiger partial charge in [0.2, 0.25) is 5.91 Å². The van der Waals surface area contributed by atoms with E-state index in [4.69, 9.17) is 5.11 Å². The van der Waals surface area contributed by atoms with Crippen molar-refractivity contribution in [2.75, 3.05) is 13.1 Å². The number of carboxylic acids is 1. The maximum Gasteiger partial charge on any atom is 0.306 e. The average Bonchev–Trinajstić information content (AvgIpc) is 2.84. The van der Waals surface area contributed by atoms with Crippen molar-refractivity contribution >= 4 is 11.9 Å². The molecule has 0 aromatic carbocycles. The van der Waals surface area contributed by atoms with Crippen LogP contribution in [-0.2, 0) is 9.59 Å². The summed E-state index contributed by atoms with van der Waals surface area (Å²) in [6.45, 7) is 3.55. The van der Waals surface area contributed by atoms with E-state index >= 15 is 0 Å². The van der Waals surface area contributed by atoms with Crippen LogP contribution in [0.4, 0.5) is 0 Å². The van der Waals surface area contributed by atoms with Crippen LogP contribution in [0.15, 0.2) is 0 Å². The van der Waals surface area contributed by atoms with Crippen molar-refractivity contribution in [3.05, 3.63) is 0 Å². The molecule has 2 aliphatic rings. The number of carbonyl (C=O) groups is 2. The lowest BCUT2D eigenvalue weighted by atomic mass is 9.82. The molecule has 108 valence electrons. The molecule has 1 saturated carbocycles. The molecule has 0 bridgehead atoms. The number of aliphatic carboxylic acids is 1. The molecule has 2 rings (SSSR count). The van der Waals surface area contributed by atoms with E-state index in [0.29, 0.717) is 12.5 Å². The summed E-state index contributed by atoms with van der Waals surface area (Å²) in [5.41, 5.74) is -0.404. The zero-order chi connectivity index (χ0) is 13.9. The van der Waals surface area contributed by atoms with Crippen LogP contribution in [0.2, 0.25) is 0 Å². The van der Waals surface area contributed by atoms with Gasteiger partial charge in [-0.15, -0.1) is 0 Å². The first-order valence-electron chi connectivity index (χ1n) is 7.27. The molecule has 3 N–H and O–H groups in total. The quantitative estimate of drug-likeness (QED) is 0.714. The molecule has 1 aliphatic carbocycles. The van der Waals surface area contributed by atoms with E-state index in [1.54, 1.807) is 0 Å². The van der Waals surface area contributed by atoms with Gasteiger partial charge in [-0.3, -0.25) is 9.59 Å². The Bertz CT molecular complexity index is 343. The summed E-state index contributed by atoms with van der Waals surface area (Å²) in [7, 11) is 0. The van der Waals surface area contributed by atoms with Gasteiger partial charge < -0.3 is 15.7 Å². The molecule has 1 amide bonds. The molecule has 2 fully saturated rings. The fourth-order valence-corrected chi connectivity index (χ4v) is 3.13. The predicted molar refractivity (Wildman–Crippen MR) is 71.7 cm³/mol. The molecule has 5 heteroatoms. The van der Waals surface area contributed by atoms with Crippen LogP contribution in [-0.4, -0.2) is 35.6 Å². The Labute approximate surface area is 114 Å². The van der Waals surface area contributed by atoms with Gasteiger partial charge in [-0.05, 0) is 57.9 Å². The van der Waals surface area contributed by atoms with Gasteiger partial charge in [0.1, 0.15) is 0 Å². The van der Waals surface area contributed by atoms with Gasteiger partial charge in [0.15, 0.2) is 0 Å². The van der Waals surface area contributed by atoms with Crippen LogP contribution in [0, 0.1) is 11.8 Å². The van der Waals surface area contributed by atoms with E-state index in [9.17, 15) is 9.59 Å². The van der Waals surface area contributed by atoms with Crippen molar-refractivity contribution in [2.24, 2.45) is 11.8 Å². The highest BCUT2D eigenvalue weighted by molar-refractivity contribution is 5.86. The van der Waals surface area contributed by atoms with Crippen molar-refractivity contribution in [1.29, 1.82) is 0 Å². The number of nitrogens with one attached hydrogen (secondary N) is 2. The first-order chi connectivity index (χ1) is 9.01. The smallest absolute Gasteiger partial charge is 0.306 e. The molecule has 1 unspecified atom stereocenters. The highest BCUT2D eigenvalue weighted by atomic mass is 16.4. The fourth-order valence-electron chi connectivity index (χ4n) is 3.13. The van der Waals surface area contributed by atoms with E-state index in [0.717, 1.165) is 45.1 Å². The van der Waals surface area contributed by atoms with Gasteiger partial charge >= 0.3 is 5.97 Å². The Hall–Kier alpha value is -1.10. The summed E-state index contributed by atoms with van der Waals surface area (Å²) in [4.78, 5) is 23.0. The number of rotatable bonds is 4. The first-order valence-corrected chi connectivity index (χ1v) is 7.27. The molecule has 1 atom stereocenters. The standard InChI is InChI=1S/C14H24N2O3/c1-14(7-2-8-16-14)13(19)15-9-10-3-5-11(6-4-10)12(17)18/h10-11,16H,2-9H2,1H3,(H,15,19)(H,17,18). The van der Waals surface area contributed by atoms with Crippen molar-refractivity contribution < 1.29 is 14.7 Å². The lowest BCUT2D eigenvalue weighted by molar-refractivity contribution is -0.143. The number of carboxylic acid groups (broad SMARTS) is 1. The van der Waals surface area contributed by atoms with Gasteiger partial charge in [0.05, 0.1) is 11.5 Å². The van der Waals surface area contributed by atoms with Gasteiger partial charge in [0.25, 0.3) is 0 Å². The van der Waals surface area contributed by atoms with Crippen LogP contribution in [0.5, 0.6) is 0 Å². The average molecular weight is 268 g/mol. The summed E-state index contributed by atoms with van der Waals surface area (Å²) in [5, 5.41) is 15.2. The largest absolute Gasteiger partial charge is 0.481 e. The highest BCUT2D eigenvalue weighted by Crippen LogP contribution is 2.28. The Morgan fingerprint density at radius 1 is 1.32 bits per heavy atom. The van der Waals surface area contributed by atoms with Gasteiger partial charge in [-0.2, -0.15) is 0 Å². The molecular formula is C14H24N2O3. The van der Waals surface area contributed by atoms with Crippen LogP contribution >= 0.6 is 0 Å². The maximum absolute atomic E-state index is 12.1. The van der Waals surface area contributed by atoms with Crippen LogP contribution < -0.4 is 10.6 Å². The summed E-state index contributed by atoms with van der Waals surface area (Å²) >= 11 is 0. The molecular weight excluding hydrogens is 244 g/mol. The number of hydrogen-bond acceptors (Lipinski definition) is 3. The molecule has 0 aromatic rings. The molecule has 0 radical (unpaired) electrons. The van der Waals surface area contributed by atoms with Crippen molar-refractivity contribution in [2.45, 2.75) is 51.0 Å². The molecule has 1 saturated heterocycles. The third-order valence-corrected chi connectivity index (χ3v) is 4.62. The molecule has 1 heterocycles. The maximum atomic E-state index is 12.1. The molecule has 5 nitrogen and oxygen atoms in total. The van der Waals surface area contributed by atoms with E-state index in [1.165, 1.54) is 0 Å². The minimum atomic E-state index is -0.676. The molecule has 1 aliphatic heterocycles. The zero-order valence-electron chi connectivity index (χ0n) is 11.6. The minimum Gasteiger partial charge on any atom is -0.481 e. The van der Waals surface area contributed by atoms with E-state index in [1.807, 2.05) is 6.92 Å². The van der Waals surface area contributed by atoms with Crippen LogP contribution in [0.3, 0.4) is 0 Å². The number of amides is 1. The summed E-state index contributed by atoms with van der Waals surface area (Å²) in [6.07, 6.45) is 5.23. The monoisotopic (exact) mass is 268 g/mol. The zero-order valence-corrected chi connectivity index (χ0v) is 11.6. The first kappa shape index (κ1) is 14.3. The highest BCUT2D eigenvalue weighted by Gasteiger charge is 2.36. The molecule has 0 spiro atoms. The van der Waals surface area contributed by atoms with E-state index in [-0.39, 0.29) is 11.8 Å². The SMILES string of the molecule is CC1(C(=O)NCC2CCC(C(=O)O)CC2)CCCN1. The topological polar surface area (TPSA) is 78.4 Å². The normalized spacial score (nSPS) is 35.0. The number of carbonyl (C=O) groups excluding carboxylic acids is 1. The third kappa shape index (κ3) is 3.47. The second kappa shape index (κ2) is 5.90. The summed E-state index contributed by atoms with van der Waals surface area (Å²) in [5.74, 6) is -0.332. The third-order valence-electron chi connectivity index (χ3n) is 4.62. The molecule has 19 heavy (non-hydrogen) atoms. The van der Waals surface area contributed by atoms with Gasteiger partial charge in [-0.1, -0.05) is 0 Å². The minimum absolute atomic E-state index is 0.0883. The van der Waals surface area contributed by atoms with E-state index < -0.39 is 11.5 Å². The fraction of sp³-hybridized carbons (Fsp3) is 0.857. The van der Waals surface area contributed by atoms with Crippen LogP contribution in [0.25, 0.3) is 0 Å². The van der Waals surface area contributed by atoms with Crippen molar-refractivity contribution in [3.8, 4) is 0 Å². The Morgan fingerprint density at radius 3 is 2.53 bits per heavy atom. The summed E-state index contributed by atoms with van der Waals surface area (Å²) < 4.78 is 0. The number of hydrogen-bond donors (Lipinski definition) is 3. The second-order valence-electron chi connectivity index (χ2n) is 6.13. The predicted octanol–water partition coefficient (Wildman–Crippen LogP) is 1.14. The molecule has 0 aromatic heterocycles. The lowest BCUT2D eigenvalue weighted by Gasteiger charge is -2.28. The van der Waals surface area contributed by atoms with Crippen LogP contribution in [0.1, 0.15) is 45.4 Å². The Balaban J connectivity index is 1.72. The lowest BCUT2D eigenvalue weighted by Crippen LogP contribution is -2.52. The Kier molecular flexibility index (Phi) is 4.45. The van der Waals surface area contributed by atoms with Crippen molar-refractivity contribution in [1.82, 2.24) is 10.6 Å². The van der Waals surface area contributed by atoms with Gasteiger partial charge in [-0.25, -0.2) is 0 Å². The second-order valence-corrected chi connectivity index (χ2v) is 6.13. The Morgan fingerprint density at radius 2 is 2.00 bits per heavy atom. The van der Waals surface area contributed by atoms with Gasteiger partial charge in [0, 0.05) is 6.54 Å². The summed E-state index contributed by atoms with van der Waals surface area (Å²) in [6, 6.07) is 0. The van der Waals surface area contributed by atoms with E-state index in [2.05, 4.69) is 10.6 Å². The van der Waals surface area contributed by atoms with Crippen molar-refractivity contribution in [3.63, 3.8) is 0 Å².